The number of unbranched alkanes of at least 4 members (excludes halogenated alkanes) is 1. The van der Waals surface area contributed by atoms with Crippen molar-refractivity contribution in [2.24, 2.45) is 0 Å². The molecule has 1 heterocycles. The van der Waals surface area contributed by atoms with Gasteiger partial charge < -0.3 is 19.3 Å². The van der Waals surface area contributed by atoms with Gasteiger partial charge in [0.05, 0.1) is 12.7 Å². The summed E-state index contributed by atoms with van der Waals surface area (Å²) < 4.78 is 11.7. The van der Waals surface area contributed by atoms with Crippen molar-refractivity contribution in [1.82, 2.24) is 9.80 Å². The van der Waals surface area contributed by atoms with E-state index in [4.69, 9.17) is 9.47 Å². The van der Waals surface area contributed by atoms with Gasteiger partial charge in [0.25, 0.3) is 0 Å². The van der Waals surface area contributed by atoms with Crippen molar-refractivity contribution < 1.29 is 19.1 Å². The van der Waals surface area contributed by atoms with Crippen LogP contribution in [0.15, 0.2) is 54.7 Å². The molecule has 1 aliphatic heterocycles. The normalized spacial score (nSPS) is 13.3. The molecule has 7 heteroatoms. The van der Waals surface area contributed by atoms with Crippen LogP contribution in [0, 0.1) is 3.57 Å². The monoisotopic (exact) mass is 576 g/mol. The summed E-state index contributed by atoms with van der Waals surface area (Å²) >= 11 is 2.33. The number of hydrogen-bond donors (Lipinski definition) is 0. The molecule has 0 aromatic heterocycles. The van der Waals surface area contributed by atoms with E-state index in [9.17, 15) is 9.59 Å². The number of carbonyl (C=O) groups excluding carboxylic acids is 2. The first-order valence-electron chi connectivity index (χ1n) is 11.8. The molecule has 0 saturated carbocycles. The van der Waals surface area contributed by atoms with E-state index in [0.717, 1.165) is 61.0 Å². The van der Waals surface area contributed by atoms with Gasteiger partial charge in [-0.15, -0.1) is 0 Å². The molecule has 6 nitrogen and oxygen atoms in total. The molecule has 0 N–H and O–H groups in total. The van der Waals surface area contributed by atoms with E-state index >= 15 is 0 Å². The molecule has 182 valence electrons. The second-order valence-corrected chi connectivity index (χ2v) is 9.56. The second-order valence-electron chi connectivity index (χ2n) is 8.40. The fourth-order valence-electron chi connectivity index (χ4n) is 3.77. The van der Waals surface area contributed by atoms with E-state index < -0.39 is 0 Å². The second kappa shape index (κ2) is 13.4. The lowest BCUT2D eigenvalue weighted by atomic mass is 10.1. The molecule has 2 aromatic rings. The van der Waals surface area contributed by atoms with Crippen LogP contribution in [0.3, 0.4) is 0 Å². The SMILES string of the molecule is CCCCN(/C=C/C(=O)N1CCCC1)Cc1ccc(COC(=O)c2ccc(OC)cc2)cc1I. The highest BCUT2D eigenvalue weighted by Gasteiger charge is 2.16. The van der Waals surface area contributed by atoms with Crippen molar-refractivity contribution in [2.75, 3.05) is 26.7 Å². The van der Waals surface area contributed by atoms with E-state index in [-0.39, 0.29) is 18.5 Å². The molecule has 3 rings (SSSR count). The number of halogens is 1. The average molecular weight is 576 g/mol. The molecule has 0 radical (unpaired) electrons. The Morgan fingerprint density at radius 3 is 2.50 bits per heavy atom. The third-order valence-electron chi connectivity index (χ3n) is 5.83. The average Bonchev–Trinajstić information content (AvgIpc) is 3.40. The van der Waals surface area contributed by atoms with Crippen LogP contribution < -0.4 is 4.74 Å². The van der Waals surface area contributed by atoms with Crippen LogP contribution in [0.1, 0.15) is 54.1 Å². The highest BCUT2D eigenvalue weighted by atomic mass is 127. The van der Waals surface area contributed by atoms with Gasteiger partial charge in [0, 0.05) is 42.0 Å². The molecule has 0 atom stereocenters. The van der Waals surface area contributed by atoms with Crippen LogP contribution >= 0.6 is 22.6 Å². The van der Waals surface area contributed by atoms with Crippen molar-refractivity contribution in [3.63, 3.8) is 0 Å². The first kappa shape index (κ1) is 26.1. The molecule has 34 heavy (non-hydrogen) atoms. The zero-order chi connectivity index (χ0) is 24.3. The van der Waals surface area contributed by atoms with E-state index in [1.54, 1.807) is 37.5 Å². The van der Waals surface area contributed by atoms with Crippen molar-refractivity contribution in [1.29, 1.82) is 0 Å². The molecule has 1 fully saturated rings. The van der Waals surface area contributed by atoms with E-state index in [0.29, 0.717) is 11.3 Å². The number of carbonyl (C=O) groups is 2. The maximum atomic E-state index is 12.4. The molecule has 0 bridgehead atoms. The largest absolute Gasteiger partial charge is 0.497 e. The lowest BCUT2D eigenvalue weighted by Gasteiger charge is -2.22. The third-order valence-corrected chi connectivity index (χ3v) is 6.84. The number of amides is 1. The Balaban J connectivity index is 1.58. The molecule has 0 spiro atoms. The predicted octanol–water partition coefficient (Wildman–Crippen LogP) is 5.40. The molecule has 2 aromatic carbocycles. The van der Waals surface area contributed by atoms with Gasteiger partial charge in [-0.3, -0.25) is 4.79 Å². The van der Waals surface area contributed by atoms with Crippen LogP contribution in [0.5, 0.6) is 5.75 Å². The Morgan fingerprint density at radius 2 is 1.85 bits per heavy atom. The first-order valence-corrected chi connectivity index (χ1v) is 12.9. The van der Waals surface area contributed by atoms with E-state index in [1.807, 2.05) is 23.2 Å². The number of methoxy groups -OCH3 is 1. The summed E-state index contributed by atoms with van der Waals surface area (Å²) in [6.45, 7) is 5.74. The summed E-state index contributed by atoms with van der Waals surface area (Å²) in [5.41, 5.74) is 2.61. The van der Waals surface area contributed by atoms with Crippen molar-refractivity contribution >= 4 is 34.5 Å². The number of benzene rings is 2. The molecular formula is C27H33IN2O4. The smallest absolute Gasteiger partial charge is 0.338 e. The number of rotatable bonds is 11. The van der Waals surface area contributed by atoms with Gasteiger partial charge in [-0.05, 0) is 83.3 Å². The number of hydrogen-bond acceptors (Lipinski definition) is 5. The van der Waals surface area contributed by atoms with E-state index in [1.165, 1.54) is 5.56 Å². The minimum atomic E-state index is -0.361. The van der Waals surface area contributed by atoms with E-state index in [2.05, 4.69) is 40.5 Å². The summed E-state index contributed by atoms with van der Waals surface area (Å²) in [5.74, 6) is 0.438. The molecule has 1 aliphatic rings. The van der Waals surface area contributed by atoms with Crippen molar-refractivity contribution in [3.8, 4) is 5.75 Å². The molecule has 1 saturated heterocycles. The highest BCUT2D eigenvalue weighted by Crippen LogP contribution is 2.19. The van der Waals surface area contributed by atoms with Crippen LogP contribution in [0.25, 0.3) is 0 Å². The third kappa shape index (κ3) is 7.75. The molecule has 0 unspecified atom stereocenters. The maximum Gasteiger partial charge on any atom is 0.338 e. The number of ether oxygens (including phenoxy) is 2. The minimum Gasteiger partial charge on any atom is -0.497 e. The summed E-state index contributed by atoms with van der Waals surface area (Å²) in [4.78, 5) is 28.9. The van der Waals surface area contributed by atoms with Crippen LogP contribution in [-0.4, -0.2) is 48.4 Å². The lowest BCUT2D eigenvalue weighted by molar-refractivity contribution is -0.125. The van der Waals surface area contributed by atoms with Crippen molar-refractivity contribution in [3.05, 3.63) is 75.0 Å². The van der Waals surface area contributed by atoms with Crippen LogP contribution in [0.4, 0.5) is 0 Å². The maximum absolute atomic E-state index is 12.4. The van der Waals surface area contributed by atoms with Crippen LogP contribution in [-0.2, 0) is 22.7 Å². The van der Waals surface area contributed by atoms with Gasteiger partial charge >= 0.3 is 5.97 Å². The van der Waals surface area contributed by atoms with Gasteiger partial charge in [0.1, 0.15) is 12.4 Å². The summed E-state index contributed by atoms with van der Waals surface area (Å²) in [6.07, 6.45) is 8.01. The number of nitrogens with zero attached hydrogens (tertiary/aromatic N) is 2. The lowest BCUT2D eigenvalue weighted by Crippen LogP contribution is -2.27. The van der Waals surface area contributed by atoms with Gasteiger partial charge in [0.2, 0.25) is 5.91 Å². The summed E-state index contributed by atoms with van der Waals surface area (Å²) in [5, 5.41) is 0. The zero-order valence-electron chi connectivity index (χ0n) is 20.0. The molecule has 1 amide bonds. The molecule has 0 aliphatic carbocycles. The van der Waals surface area contributed by atoms with Gasteiger partial charge in [0.15, 0.2) is 0 Å². The summed E-state index contributed by atoms with van der Waals surface area (Å²) in [7, 11) is 1.59. The highest BCUT2D eigenvalue weighted by molar-refractivity contribution is 14.1. The first-order chi connectivity index (χ1) is 16.5. The zero-order valence-corrected chi connectivity index (χ0v) is 22.1. The van der Waals surface area contributed by atoms with Crippen molar-refractivity contribution in [2.45, 2.75) is 45.8 Å². The van der Waals surface area contributed by atoms with Crippen LogP contribution in [0.2, 0.25) is 0 Å². The van der Waals surface area contributed by atoms with Gasteiger partial charge in [-0.2, -0.15) is 0 Å². The topological polar surface area (TPSA) is 59.1 Å². The Bertz CT molecular complexity index is 985. The minimum absolute atomic E-state index is 0.0997. The summed E-state index contributed by atoms with van der Waals surface area (Å²) in [6, 6.07) is 13.0. The predicted molar refractivity (Wildman–Crippen MR) is 142 cm³/mol. The standard InChI is InChI=1S/C27H33IN2O4/c1-3-4-14-29(17-13-26(31)30-15-5-6-16-30)19-23-8-7-21(18-25(23)28)20-34-27(32)22-9-11-24(33-2)12-10-22/h7-13,17-18H,3-6,14-16,19-20H2,1-2H3/b17-13+. The number of esters is 1. The van der Waals surface area contributed by atoms with Gasteiger partial charge in [-0.25, -0.2) is 4.79 Å². The Morgan fingerprint density at radius 1 is 1.12 bits per heavy atom. The number of likely N-dealkylation sites (tertiary alicyclic amines) is 1. The fourth-order valence-corrected chi connectivity index (χ4v) is 4.52. The fraction of sp³-hybridized carbons (Fsp3) is 0.407. The quantitative estimate of drug-likeness (QED) is 0.204. The Hall–Kier alpha value is -2.55. The Labute approximate surface area is 216 Å². The molecular weight excluding hydrogens is 543 g/mol. The van der Waals surface area contributed by atoms with Gasteiger partial charge in [-0.1, -0.05) is 25.5 Å². The Kier molecular flexibility index (Phi) is 10.2.